The number of hydrogen-bond donors (Lipinski definition) is 0. The van der Waals surface area contributed by atoms with Crippen molar-refractivity contribution in [1.82, 2.24) is 19.9 Å². The lowest BCUT2D eigenvalue weighted by Gasteiger charge is -2.25. The minimum atomic E-state index is 0.0692. The molecule has 5 heteroatoms. The lowest BCUT2D eigenvalue weighted by atomic mass is 10.0. The van der Waals surface area contributed by atoms with E-state index in [2.05, 4.69) is 15.0 Å². The molecular formula is C18H22N4O. The molecule has 1 aliphatic rings. The predicted octanol–water partition coefficient (Wildman–Crippen LogP) is 2.73. The summed E-state index contributed by atoms with van der Waals surface area (Å²) >= 11 is 0. The van der Waals surface area contributed by atoms with Gasteiger partial charge in [0.2, 0.25) is 0 Å². The minimum Gasteiger partial charge on any atom is -0.336 e. The molecule has 2 aromatic rings. The number of amides is 1. The topological polar surface area (TPSA) is 59.0 Å². The molecule has 5 nitrogen and oxygen atoms in total. The Bertz CT molecular complexity index is 687. The van der Waals surface area contributed by atoms with Gasteiger partial charge in [0.15, 0.2) is 0 Å². The fourth-order valence-corrected chi connectivity index (χ4v) is 3.23. The third-order valence-electron chi connectivity index (χ3n) is 4.48. The van der Waals surface area contributed by atoms with Gasteiger partial charge in [0.1, 0.15) is 5.82 Å². The number of rotatable bonds is 4. The average molecular weight is 310 g/mol. The largest absolute Gasteiger partial charge is 0.336 e. The highest BCUT2D eigenvalue weighted by molar-refractivity contribution is 5.95. The second-order valence-corrected chi connectivity index (χ2v) is 6.11. The summed E-state index contributed by atoms with van der Waals surface area (Å²) in [5.41, 5.74) is 2.67. The number of carbonyl (C=O) groups excluding carboxylic acids is 1. The number of carbonyl (C=O) groups is 1. The first-order valence-corrected chi connectivity index (χ1v) is 8.15. The molecule has 3 heterocycles. The van der Waals surface area contributed by atoms with Gasteiger partial charge >= 0.3 is 0 Å². The number of nitrogens with zero attached hydrogens (tertiary/aromatic N) is 4. The highest BCUT2D eigenvalue weighted by Gasteiger charge is 2.30. The van der Waals surface area contributed by atoms with E-state index in [1.54, 1.807) is 6.20 Å². The second-order valence-electron chi connectivity index (χ2n) is 6.11. The Morgan fingerprint density at radius 3 is 2.83 bits per heavy atom. The molecular weight excluding hydrogens is 288 g/mol. The van der Waals surface area contributed by atoms with Crippen molar-refractivity contribution < 1.29 is 4.79 Å². The van der Waals surface area contributed by atoms with Crippen molar-refractivity contribution in [2.24, 2.45) is 0 Å². The maximum absolute atomic E-state index is 12.8. The summed E-state index contributed by atoms with van der Waals surface area (Å²) in [6, 6.07) is 4.38. The van der Waals surface area contributed by atoms with E-state index < -0.39 is 0 Å². The summed E-state index contributed by atoms with van der Waals surface area (Å²) in [5, 5.41) is 0. The Kier molecular flexibility index (Phi) is 4.65. The van der Waals surface area contributed by atoms with Gasteiger partial charge in [-0.1, -0.05) is 0 Å². The zero-order chi connectivity index (χ0) is 16.2. The zero-order valence-corrected chi connectivity index (χ0v) is 13.7. The molecule has 120 valence electrons. The van der Waals surface area contributed by atoms with E-state index in [0.29, 0.717) is 17.4 Å². The summed E-state index contributed by atoms with van der Waals surface area (Å²) in [7, 11) is 0. The van der Waals surface area contributed by atoms with Crippen molar-refractivity contribution in [1.29, 1.82) is 0 Å². The smallest absolute Gasteiger partial charge is 0.257 e. The quantitative estimate of drug-likeness (QED) is 0.871. The van der Waals surface area contributed by atoms with Crippen LogP contribution in [0.2, 0.25) is 0 Å². The summed E-state index contributed by atoms with van der Waals surface area (Å²) in [4.78, 5) is 27.4. The maximum Gasteiger partial charge on any atom is 0.257 e. The number of pyridine rings is 1. The van der Waals surface area contributed by atoms with Crippen molar-refractivity contribution in [2.45, 2.75) is 45.6 Å². The monoisotopic (exact) mass is 310 g/mol. The van der Waals surface area contributed by atoms with Crippen molar-refractivity contribution in [3.8, 4) is 0 Å². The molecule has 0 bridgehead atoms. The third-order valence-corrected chi connectivity index (χ3v) is 4.48. The molecule has 0 spiro atoms. The standard InChI is InChI=1S/C18H22N4O/c1-13-17(12-20-14(2)21-13)18(23)22-11-3-4-16(22)6-5-15-7-9-19-10-8-15/h7-10,12,16H,3-6,11H2,1-2H3/t16-/m0/s1. The lowest BCUT2D eigenvalue weighted by Crippen LogP contribution is -2.36. The van der Waals surface area contributed by atoms with Crippen molar-refractivity contribution >= 4 is 5.91 Å². The van der Waals surface area contributed by atoms with Crippen LogP contribution in [-0.2, 0) is 6.42 Å². The summed E-state index contributed by atoms with van der Waals surface area (Å²) in [6.45, 7) is 4.55. The molecule has 0 aromatic carbocycles. The van der Waals surface area contributed by atoms with Crippen LogP contribution in [0.5, 0.6) is 0 Å². The molecule has 1 saturated heterocycles. The molecule has 1 aliphatic heterocycles. The Morgan fingerprint density at radius 1 is 1.30 bits per heavy atom. The Morgan fingerprint density at radius 2 is 2.09 bits per heavy atom. The van der Waals surface area contributed by atoms with Crippen LogP contribution < -0.4 is 0 Å². The molecule has 1 amide bonds. The van der Waals surface area contributed by atoms with Gasteiger partial charge in [0.25, 0.3) is 5.91 Å². The van der Waals surface area contributed by atoms with E-state index in [-0.39, 0.29) is 5.91 Å². The van der Waals surface area contributed by atoms with Crippen molar-refractivity contribution in [3.63, 3.8) is 0 Å². The molecule has 0 aliphatic carbocycles. The predicted molar refractivity (Wildman–Crippen MR) is 88.1 cm³/mol. The van der Waals surface area contributed by atoms with Crippen LogP contribution in [0, 0.1) is 13.8 Å². The van der Waals surface area contributed by atoms with E-state index in [1.807, 2.05) is 43.3 Å². The van der Waals surface area contributed by atoms with Gasteiger partial charge in [0.05, 0.1) is 11.3 Å². The SMILES string of the molecule is Cc1ncc(C(=O)N2CCC[C@H]2CCc2ccncc2)c(C)n1. The fraction of sp³-hybridized carbons (Fsp3) is 0.444. The van der Waals surface area contributed by atoms with Gasteiger partial charge < -0.3 is 4.90 Å². The van der Waals surface area contributed by atoms with E-state index in [4.69, 9.17) is 0 Å². The van der Waals surface area contributed by atoms with Crippen LogP contribution >= 0.6 is 0 Å². The number of hydrogen-bond acceptors (Lipinski definition) is 4. The lowest BCUT2D eigenvalue weighted by molar-refractivity contribution is 0.0729. The summed E-state index contributed by atoms with van der Waals surface area (Å²) in [5.74, 6) is 0.773. The highest BCUT2D eigenvalue weighted by Crippen LogP contribution is 2.24. The van der Waals surface area contributed by atoms with Gasteiger partial charge in [-0.15, -0.1) is 0 Å². The van der Waals surface area contributed by atoms with E-state index in [0.717, 1.165) is 37.9 Å². The molecule has 2 aromatic heterocycles. The number of likely N-dealkylation sites (tertiary alicyclic amines) is 1. The molecule has 0 saturated carbocycles. The maximum atomic E-state index is 12.8. The van der Waals surface area contributed by atoms with E-state index in [9.17, 15) is 4.79 Å². The van der Waals surface area contributed by atoms with Crippen LogP contribution in [0.4, 0.5) is 0 Å². The van der Waals surface area contributed by atoms with Gasteiger partial charge in [-0.3, -0.25) is 9.78 Å². The molecule has 0 radical (unpaired) electrons. The minimum absolute atomic E-state index is 0.0692. The molecule has 0 unspecified atom stereocenters. The first-order valence-electron chi connectivity index (χ1n) is 8.15. The first kappa shape index (κ1) is 15.6. The van der Waals surface area contributed by atoms with Gasteiger partial charge in [0, 0.05) is 31.2 Å². The highest BCUT2D eigenvalue weighted by atomic mass is 16.2. The van der Waals surface area contributed by atoms with Crippen LogP contribution in [0.3, 0.4) is 0 Å². The zero-order valence-electron chi connectivity index (χ0n) is 13.7. The van der Waals surface area contributed by atoms with Crippen LogP contribution in [0.15, 0.2) is 30.7 Å². The average Bonchev–Trinajstić information content (AvgIpc) is 3.02. The molecule has 23 heavy (non-hydrogen) atoms. The molecule has 0 N–H and O–H groups in total. The number of aromatic nitrogens is 3. The fourth-order valence-electron chi connectivity index (χ4n) is 3.23. The Labute approximate surface area is 136 Å². The van der Waals surface area contributed by atoms with Gasteiger partial charge in [-0.05, 0) is 57.2 Å². The summed E-state index contributed by atoms with van der Waals surface area (Å²) < 4.78 is 0. The number of aryl methyl sites for hydroxylation is 3. The van der Waals surface area contributed by atoms with E-state index in [1.165, 1.54) is 5.56 Å². The summed E-state index contributed by atoms with van der Waals surface area (Å²) in [6.07, 6.45) is 9.40. The van der Waals surface area contributed by atoms with Crippen LogP contribution in [0.1, 0.15) is 46.7 Å². The molecule has 3 rings (SSSR count). The van der Waals surface area contributed by atoms with E-state index >= 15 is 0 Å². The normalized spacial score (nSPS) is 17.5. The van der Waals surface area contributed by atoms with Gasteiger partial charge in [-0.2, -0.15) is 0 Å². The van der Waals surface area contributed by atoms with Crippen LogP contribution in [-0.4, -0.2) is 38.3 Å². The van der Waals surface area contributed by atoms with Crippen molar-refractivity contribution in [2.75, 3.05) is 6.54 Å². The molecule has 1 atom stereocenters. The van der Waals surface area contributed by atoms with Crippen molar-refractivity contribution in [3.05, 3.63) is 53.4 Å². The van der Waals surface area contributed by atoms with Gasteiger partial charge in [-0.25, -0.2) is 9.97 Å². The Balaban J connectivity index is 1.69. The first-order chi connectivity index (χ1) is 11.1. The molecule has 1 fully saturated rings. The van der Waals surface area contributed by atoms with Crippen LogP contribution in [0.25, 0.3) is 0 Å². The third kappa shape index (κ3) is 3.55. The Hall–Kier alpha value is -2.30. The second kappa shape index (κ2) is 6.86.